The summed E-state index contributed by atoms with van der Waals surface area (Å²) in [6.07, 6.45) is 2.60. The predicted molar refractivity (Wildman–Crippen MR) is 79.1 cm³/mol. The molecule has 0 heterocycles. The molecular weight excluding hydrogens is 281 g/mol. The van der Waals surface area contributed by atoms with E-state index in [0.29, 0.717) is 27.9 Å². The Morgan fingerprint density at radius 1 is 1.16 bits per heavy atom. The van der Waals surface area contributed by atoms with Gasteiger partial charge in [-0.2, -0.15) is 0 Å². The summed E-state index contributed by atoms with van der Waals surface area (Å²) in [6, 6.07) is 4.42. The van der Waals surface area contributed by atoms with Gasteiger partial charge in [-0.25, -0.2) is 0 Å². The molecule has 2 aliphatic carbocycles. The number of rotatable bonds is 1. The van der Waals surface area contributed by atoms with Gasteiger partial charge in [0.05, 0.1) is 16.1 Å². The Bertz CT molecular complexity index is 503. The van der Waals surface area contributed by atoms with Crippen molar-refractivity contribution < 1.29 is 5.11 Å². The van der Waals surface area contributed by atoms with E-state index in [1.165, 1.54) is 11.1 Å². The minimum absolute atomic E-state index is 0.203. The molecule has 0 amide bonds. The van der Waals surface area contributed by atoms with E-state index in [2.05, 4.69) is 19.0 Å². The molecule has 2 aliphatic rings. The third-order valence-electron chi connectivity index (χ3n) is 4.75. The Balaban J connectivity index is 2.10. The van der Waals surface area contributed by atoms with Crippen LogP contribution in [0.25, 0.3) is 0 Å². The van der Waals surface area contributed by atoms with Crippen molar-refractivity contribution in [2.45, 2.75) is 37.3 Å². The van der Waals surface area contributed by atoms with Gasteiger partial charge in [0, 0.05) is 17.9 Å². The SMILES string of the molecule is CN(C)[C@H]1[C@@H]2Cc3cc(Cl)c(Cl)cc3[C@H]1CC[C@@H]2O. The maximum absolute atomic E-state index is 10.3. The van der Waals surface area contributed by atoms with Gasteiger partial charge in [-0.3, -0.25) is 0 Å². The maximum Gasteiger partial charge on any atom is 0.0595 e. The average molecular weight is 300 g/mol. The second-order valence-electron chi connectivity index (χ2n) is 6.04. The molecular formula is C15H19Cl2NO. The molecule has 1 fully saturated rings. The van der Waals surface area contributed by atoms with Crippen molar-refractivity contribution >= 4 is 23.2 Å². The number of hydrogen-bond acceptors (Lipinski definition) is 2. The maximum atomic E-state index is 10.3. The van der Waals surface area contributed by atoms with E-state index >= 15 is 0 Å². The molecule has 1 saturated carbocycles. The molecule has 19 heavy (non-hydrogen) atoms. The standard InChI is InChI=1S/C15H19Cl2NO/c1-18(2)15-9-3-4-14(19)11(15)5-8-6-12(16)13(17)7-10(8)9/h6-7,9,11,14-15,19H,3-5H2,1-2H3/t9-,11-,14+,15-/m1/s1. The first-order chi connectivity index (χ1) is 8.99. The number of likely N-dealkylation sites (N-methyl/N-ethyl adjacent to an activating group) is 1. The minimum Gasteiger partial charge on any atom is -0.393 e. The molecule has 4 heteroatoms. The molecule has 0 spiro atoms. The zero-order valence-corrected chi connectivity index (χ0v) is 12.7. The van der Waals surface area contributed by atoms with E-state index < -0.39 is 0 Å². The molecule has 0 unspecified atom stereocenters. The van der Waals surface area contributed by atoms with Crippen molar-refractivity contribution in [3.8, 4) is 0 Å². The fourth-order valence-electron chi connectivity index (χ4n) is 3.98. The fourth-order valence-corrected chi connectivity index (χ4v) is 4.34. The van der Waals surface area contributed by atoms with Crippen molar-refractivity contribution in [1.29, 1.82) is 0 Å². The second kappa shape index (κ2) is 4.92. The molecule has 0 radical (unpaired) electrons. The summed E-state index contributed by atoms with van der Waals surface area (Å²) in [5.41, 5.74) is 2.59. The summed E-state index contributed by atoms with van der Waals surface area (Å²) >= 11 is 12.3. The van der Waals surface area contributed by atoms with Crippen LogP contribution in [0.5, 0.6) is 0 Å². The number of hydrogen-bond donors (Lipinski definition) is 1. The Hall–Kier alpha value is -0.280. The molecule has 4 atom stereocenters. The highest BCUT2D eigenvalue weighted by atomic mass is 35.5. The number of benzene rings is 1. The lowest BCUT2D eigenvalue weighted by Gasteiger charge is -2.49. The number of aliphatic hydroxyl groups is 1. The molecule has 2 bridgehead atoms. The Morgan fingerprint density at radius 3 is 2.53 bits per heavy atom. The van der Waals surface area contributed by atoms with Crippen molar-refractivity contribution in [3.63, 3.8) is 0 Å². The highest BCUT2D eigenvalue weighted by Gasteiger charge is 2.44. The van der Waals surface area contributed by atoms with Gasteiger partial charge in [-0.05, 0) is 56.6 Å². The van der Waals surface area contributed by atoms with Crippen LogP contribution >= 0.6 is 23.2 Å². The zero-order valence-electron chi connectivity index (χ0n) is 11.2. The lowest BCUT2D eigenvalue weighted by molar-refractivity contribution is -0.00214. The largest absolute Gasteiger partial charge is 0.393 e. The molecule has 1 aromatic carbocycles. The van der Waals surface area contributed by atoms with Crippen LogP contribution in [0.1, 0.15) is 29.9 Å². The lowest BCUT2D eigenvalue weighted by Crippen LogP contribution is -2.52. The first-order valence-electron chi connectivity index (χ1n) is 6.81. The summed E-state index contributed by atoms with van der Waals surface area (Å²) in [7, 11) is 4.20. The third kappa shape index (κ3) is 2.19. The van der Waals surface area contributed by atoms with Crippen LogP contribution in [-0.2, 0) is 6.42 Å². The van der Waals surface area contributed by atoms with Crippen LogP contribution < -0.4 is 0 Å². The van der Waals surface area contributed by atoms with E-state index in [1.807, 2.05) is 12.1 Å². The van der Waals surface area contributed by atoms with Gasteiger partial charge >= 0.3 is 0 Å². The van der Waals surface area contributed by atoms with E-state index in [9.17, 15) is 5.11 Å². The monoisotopic (exact) mass is 299 g/mol. The van der Waals surface area contributed by atoms with E-state index in [4.69, 9.17) is 23.2 Å². The van der Waals surface area contributed by atoms with Gasteiger partial charge < -0.3 is 10.0 Å². The number of aliphatic hydroxyl groups excluding tert-OH is 1. The Morgan fingerprint density at radius 2 is 1.84 bits per heavy atom. The summed E-state index contributed by atoms with van der Waals surface area (Å²) in [6.45, 7) is 0. The van der Waals surface area contributed by atoms with Crippen LogP contribution in [0.2, 0.25) is 10.0 Å². The third-order valence-corrected chi connectivity index (χ3v) is 5.47. The van der Waals surface area contributed by atoms with E-state index in [-0.39, 0.29) is 6.10 Å². The highest BCUT2D eigenvalue weighted by molar-refractivity contribution is 6.42. The molecule has 3 rings (SSSR count). The van der Waals surface area contributed by atoms with Crippen LogP contribution in [0.15, 0.2) is 12.1 Å². The van der Waals surface area contributed by atoms with Gasteiger partial charge in [-0.1, -0.05) is 23.2 Å². The van der Waals surface area contributed by atoms with Crippen LogP contribution in [0.3, 0.4) is 0 Å². The summed E-state index contributed by atoms with van der Waals surface area (Å²) < 4.78 is 0. The average Bonchev–Trinajstić information content (AvgIpc) is 2.35. The predicted octanol–water partition coefficient (Wildman–Crippen LogP) is 3.33. The van der Waals surface area contributed by atoms with Crippen molar-refractivity contribution in [2.24, 2.45) is 5.92 Å². The number of halogens is 2. The van der Waals surface area contributed by atoms with Gasteiger partial charge in [0.15, 0.2) is 0 Å². The molecule has 0 saturated heterocycles. The number of fused-ring (bicyclic) bond motifs is 4. The van der Waals surface area contributed by atoms with Crippen molar-refractivity contribution in [3.05, 3.63) is 33.3 Å². The molecule has 104 valence electrons. The Kier molecular flexibility index (Phi) is 3.55. The quantitative estimate of drug-likeness (QED) is 0.860. The van der Waals surface area contributed by atoms with Crippen molar-refractivity contribution in [2.75, 3.05) is 14.1 Å². The van der Waals surface area contributed by atoms with E-state index in [1.54, 1.807) is 0 Å². The summed E-state index contributed by atoms with van der Waals surface area (Å²) in [4.78, 5) is 2.25. The number of nitrogens with zero attached hydrogens (tertiary/aromatic N) is 1. The summed E-state index contributed by atoms with van der Waals surface area (Å²) in [5, 5.41) is 11.6. The molecule has 1 aromatic rings. The van der Waals surface area contributed by atoms with Crippen LogP contribution in [0, 0.1) is 5.92 Å². The van der Waals surface area contributed by atoms with Crippen LogP contribution in [0.4, 0.5) is 0 Å². The van der Waals surface area contributed by atoms with Gasteiger partial charge in [0.2, 0.25) is 0 Å². The lowest BCUT2D eigenvalue weighted by atomic mass is 9.64. The van der Waals surface area contributed by atoms with Crippen LogP contribution in [-0.4, -0.2) is 36.2 Å². The molecule has 1 N–H and O–H groups in total. The molecule has 0 aliphatic heterocycles. The van der Waals surface area contributed by atoms with Gasteiger partial charge in [-0.15, -0.1) is 0 Å². The normalized spacial score (nSPS) is 33.4. The summed E-state index contributed by atoms with van der Waals surface area (Å²) in [5.74, 6) is 0.764. The van der Waals surface area contributed by atoms with Gasteiger partial charge in [0.25, 0.3) is 0 Å². The molecule has 2 nitrogen and oxygen atoms in total. The highest BCUT2D eigenvalue weighted by Crippen LogP contribution is 2.47. The van der Waals surface area contributed by atoms with Crippen molar-refractivity contribution in [1.82, 2.24) is 4.90 Å². The second-order valence-corrected chi connectivity index (χ2v) is 6.85. The topological polar surface area (TPSA) is 23.5 Å². The van der Waals surface area contributed by atoms with E-state index in [0.717, 1.165) is 19.3 Å². The first-order valence-corrected chi connectivity index (χ1v) is 7.57. The fraction of sp³-hybridized carbons (Fsp3) is 0.600. The zero-order chi connectivity index (χ0) is 13.7. The molecule has 0 aromatic heterocycles. The smallest absolute Gasteiger partial charge is 0.0595 e. The first kappa shape index (κ1) is 13.7. The van der Waals surface area contributed by atoms with Gasteiger partial charge in [0.1, 0.15) is 0 Å². The Labute approximate surface area is 124 Å². The minimum atomic E-state index is -0.203.